The number of likely N-dealkylation sites (N-methyl/N-ethyl adjacent to an activating group) is 1. The Morgan fingerprint density at radius 2 is 2.07 bits per heavy atom. The monoisotopic (exact) mass is 449 g/mol. The molecule has 3 rings (SSSR count). The highest BCUT2D eigenvalue weighted by Crippen LogP contribution is 2.42. The van der Waals surface area contributed by atoms with Crippen molar-refractivity contribution >= 4 is 45.8 Å². The summed E-state index contributed by atoms with van der Waals surface area (Å²) in [6.07, 6.45) is 2.41. The minimum atomic E-state index is -1.16. The number of Topliss-reactive ketones (excluding diaryl/α,β-unsaturated/α-hetero) is 1. The Labute approximate surface area is 184 Å². The maximum Gasteiger partial charge on any atom is 0.343 e. The van der Waals surface area contributed by atoms with Gasteiger partial charge < -0.3 is 15.0 Å². The summed E-state index contributed by atoms with van der Waals surface area (Å²) in [5, 5.41) is 3.91. The topological polar surface area (TPSA) is 88.6 Å². The molecule has 0 spiro atoms. The summed E-state index contributed by atoms with van der Waals surface area (Å²) >= 11 is 7.57. The Kier molecular flexibility index (Phi) is 6.77. The maximum atomic E-state index is 13.1. The van der Waals surface area contributed by atoms with Crippen LogP contribution in [-0.2, 0) is 19.9 Å². The van der Waals surface area contributed by atoms with Gasteiger partial charge in [0.05, 0.1) is 5.69 Å². The number of halogens is 1. The Morgan fingerprint density at radius 3 is 2.73 bits per heavy atom. The van der Waals surface area contributed by atoms with E-state index in [1.165, 1.54) is 4.90 Å². The summed E-state index contributed by atoms with van der Waals surface area (Å²) in [6.45, 7) is 1.22. The van der Waals surface area contributed by atoms with Gasteiger partial charge >= 0.3 is 5.97 Å². The zero-order valence-electron chi connectivity index (χ0n) is 17.2. The van der Waals surface area contributed by atoms with Crippen LogP contribution >= 0.6 is 23.1 Å². The van der Waals surface area contributed by atoms with E-state index in [1.807, 2.05) is 0 Å². The summed E-state index contributed by atoms with van der Waals surface area (Å²) in [5.41, 5.74) is 0.294. The van der Waals surface area contributed by atoms with Crippen molar-refractivity contribution in [1.82, 2.24) is 9.27 Å². The molecule has 9 heteroatoms. The number of hydrogen-bond acceptors (Lipinski definition) is 7. The second kappa shape index (κ2) is 9.14. The molecular formula is C21H24ClN3O4S. The zero-order chi connectivity index (χ0) is 21.9. The number of ketones is 1. The van der Waals surface area contributed by atoms with E-state index in [0.29, 0.717) is 39.7 Å². The summed E-state index contributed by atoms with van der Waals surface area (Å²) in [7, 11) is 3.25. The van der Waals surface area contributed by atoms with Gasteiger partial charge in [0, 0.05) is 31.1 Å². The van der Waals surface area contributed by atoms with Crippen molar-refractivity contribution in [3.63, 3.8) is 0 Å². The highest BCUT2D eigenvalue weighted by Gasteiger charge is 2.48. The van der Waals surface area contributed by atoms with Crippen LogP contribution in [0.1, 0.15) is 47.3 Å². The summed E-state index contributed by atoms with van der Waals surface area (Å²) in [6, 6.07) is 7.08. The lowest BCUT2D eigenvalue weighted by molar-refractivity contribution is -0.150. The molecule has 0 bridgehead atoms. The molecule has 0 aliphatic heterocycles. The normalized spacial score (nSPS) is 18.7. The molecule has 1 heterocycles. The lowest BCUT2D eigenvalue weighted by atomic mass is 9.74. The third-order valence-electron chi connectivity index (χ3n) is 5.54. The minimum Gasteiger partial charge on any atom is -0.452 e. The number of esters is 1. The molecule has 1 aromatic carbocycles. The number of nitrogens with zero attached hydrogens (tertiary/aromatic N) is 2. The second-order valence-corrected chi connectivity index (χ2v) is 8.40. The van der Waals surface area contributed by atoms with E-state index in [9.17, 15) is 14.4 Å². The third kappa shape index (κ3) is 3.94. The molecule has 1 saturated carbocycles. The van der Waals surface area contributed by atoms with Crippen LogP contribution in [0.25, 0.3) is 0 Å². The van der Waals surface area contributed by atoms with E-state index in [1.54, 1.807) is 45.3 Å². The zero-order valence-corrected chi connectivity index (χ0v) is 18.7. The quantitative estimate of drug-likeness (QED) is 0.675. The number of carbonyl (C=O) groups is 3. The number of amides is 1. The van der Waals surface area contributed by atoms with Crippen molar-refractivity contribution < 1.29 is 19.1 Å². The first-order valence-corrected chi connectivity index (χ1v) is 10.8. The molecule has 0 unspecified atom stereocenters. The number of benzene rings is 1. The number of hydrogen-bond donors (Lipinski definition) is 1. The van der Waals surface area contributed by atoms with E-state index in [0.717, 1.165) is 24.4 Å². The van der Waals surface area contributed by atoms with Gasteiger partial charge in [-0.2, -0.15) is 4.37 Å². The van der Waals surface area contributed by atoms with Crippen LogP contribution in [0, 0.1) is 6.92 Å². The fraction of sp³-hybridized carbons (Fsp3) is 0.429. The van der Waals surface area contributed by atoms with Gasteiger partial charge in [-0.15, -0.1) is 0 Å². The van der Waals surface area contributed by atoms with E-state index in [2.05, 4.69) is 9.69 Å². The lowest BCUT2D eigenvalue weighted by Crippen LogP contribution is -2.55. The minimum absolute atomic E-state index is 0.0561. The van der Waals surface area contributed by atoms with Crippen molar-refractivity contribution in [1.29, 1.82) is 0 Å². The van der Waals surface area contributed by atoms with Crippen LogP contribution in [0.15, 0.2) is 24.3 Å². The highest BCUT2D eigenvalue weighted by molar-refractivity contribution is 7.10. The first-order valence-electron chi connectivity index (χ1n) is 9.69. The van der Waals surface area contributed by atoms with Gasteiger partial charge in [-0.25, -0.2) is 4.79 Å². The predicted molar refractivity (Wildman–Crippen MR) is 116 cm³/mol. The average Bonchev–Trinajstić information content (AvgIpc) is 3.13. The number of aryl methyl sites for hydroxylation is 1. The van der Waals surface area contributed by atoms with Crippen molar-refractivity contribution in [2.24, 2.45) is 0 Å². The fourth-order valence-electron chi connectivity index (χ4n) is 3.92. The molecule has 1 amide bonds. The molecule has 0 saturated heterocycles. The SMILES string of the molecule is CNc1snc(C)c1C(=O)OCC(=O)N(C)[C@@]1(c2ccccc2Cl)CCCCC1=O. The Bertz CT molecular complexity index is 977. The number of anilines is 1. The number of rotatable bonds is 6. The lowest BCUT2D eigenvalue weighted by Gasteiger charge is -2.43. The number of ether oxygens (including phenoxy) is 1. The fourth-order valence-corrected chi connectivity index (χ4v) is 4.94. The van der Waals surface area contributed by atoms with Crippen molar-refractivity contribution in [3.8, 4) is 0 Å². The van der Waals surface area contributed by atoms with Gasteiger partial charge in [-0.1, -0.05) is 29.8 Å². The Balaban J connectivity index is 1.83. The van der Waals surface area contributed by atoms with E-state index < -0.39 is 24.0 Å². The van der Waals surface area contributed by atoms with E-state index in [4.69, 9.17) is 16.3 Å². The Morgan fingerprint density at radius 1 is 1.33 bits per heavy atom. The smallest absolute Gasteiger partial charge is 0.343 e. The summed E-state index contributed by atoms with van der Waals surface area (Å²) in [4.78, 5) is 40.0. The molecule has 2 aromatic rings. The molecule has 30 heavy (non-hydrogen) atoms. The first kappa shape index (κ1) is 22.2. The molecule has 1 fully saturated rings. The van der Waals surface area contributed by atoms with Crippen LogP contribution in [0.3, 0.4) is 0 Å². The van der Waals surface area contributed by atoms with Crippen LogP contribution < -0.4 is 5.32 Å². The molecule has 1 N–H and O–H groups in total. The average molecular weight is 450 g/mol. The molecule has 0 radical (unpaired) electrons. The molecule has 7 nitrogen and oxygen atoms in total. The summed E-state index contributed by atoms with van der Waals surface area (Å²) < 4.78 is 9.42. The predicted octanol–water partition coefficient (Wildman–Crippen LogP) is 3.80. The third-order valence-corrected chi connectivity index (χ3v) is 6.83. The molecule has 160 valence electrons. The van der Waals surface area contributed by atoms with E-state index >= 15 is 0 Å². The van der Waals surface area contributed by atoms with Crippen LogP contribution in [0.5, 0.6) is 0 Å². The number of carbonyl (C=O) groups excluding carboxylic acids is 3. The number of nitrogens with one attached hydrogen (secondary N) is 1. The maximum absolute atomic E-state index is 13.1. The Hall–Kier alpha value is -2.45. The molecule has 1 atom stereocenters. The van der Waals surface area contributed by atoms with Crippen LogP contribution in [0.4, 0.5) is 5.00 Å². The van der Waals surface area contributed by atoms with Gasteiger partial charge in [0.25, 0.3) is 5.91 Å². The largest absolute Gasteiger partial charge is 0.452 e. The molecular weight excluding hydrogens is 426 g/mol. The van der Waals surface area contributed by atoms with Gasteiger partial charge in [0.2, 0.25) is 0 Å². The van der Waals surface area contributed by atoms with Gasteiger partial charge in [0.15, 0.2) is 12.4 Å². The second-order valence-electron chi connectivity index (χ2n) is 7.22. The van der Waals surface area contributed by atoms with Crippen LogP contribution in [-0.4, -0.2) is 47.6 Å². The highest BCUT2D eigenvalue weighted by atomic mass is 35.5. The first-order chi connectivity index (χ1) is 14.3. The van der Waals surface area contributed by atoms with E-state index in [-0.39, 0.29) is 5.78 Å². The molecule has 1 aromatic heterocycles. The summed E-state index contributed by atoms with van der Waals surface area (Å²) in [5.74, 6) is -1.15. The molecule has 1 aliphatic carbocycles. The van der Waals surface area contributed by atoms with Gasteiger partial charge in [0.1, 0.15) is 16.1 Å². The standard InChI is InChI=1S/C21H24ClN3O4S/c1-13-18(19(23-2)30-24-13)20(28)29-12-17(27)25(3)21(11-7-6-10-16(21)26)14-8-4-5-9-15(14)22/h4-5,8-9,23H,6-7,10-12H2,1-3H3/t21-/m1/s1. The van der Waals surface area contributed by atoms with Gasteiger partial charge in [-0.3, -0.25) is 9.59 Å². The van der Waals surface area contributed by atoms with Crippen LogP contribution in [0.2, 0.25) is 5.02 Å². The van der Waals surface area contributed by atoms with Crippen molar-refractivity contribution in [3.05, 3.63) is 46.1 Å². The molecule has 1 aliphatic rings. The van der Waals surface area contributed by atoms with Crippen molar-refractivity contribution in [2.75, 3.05) is 26.0 Å². The number of aromatic nitrogens is 1. The van der Waals surface area contributed by atoms with Gasteiger partial charge in [-0.05, 0) is 43.8 Å². The van der Waals surface area contributed by atoms with Crippen molar-refractivity contribution in [2.45, 2.75) is 38.1 Å².